The van der Waals surface area contributed by atoms with Crippen molar-refractivity contribution in [2.75, 3.05) is 0 Å². The van der Waals surface area contributed by atoms with Crippen molar-refractivity contribution in [2.24, 2.45) is 0 Å². The van der Waals surface area contributed by atoms with E-state index in [0.29, 0.717) is 12.8 Å². The van der Waals surface area contributed by atoms with E-state index < -0.39 is 5.97 Å². The molecule has 0 aliphatic rings. The molecule has 0 aliphatic carbocycles. The Labute approximate surface area is 95.1 Å². The maximum absolute atomic E-state index is 11.2. The molecule has 0 bridgehead atoms. The molecular formula is C13H16O3. The fourth-order valence-electron chi connectivity index (χ4n) is 1.55. The lowest BCUT2D eigenvalue weighted by atomic mass is 10.0. The Morgan fingerprint density at radius 3 is 2.56 bits per heavy atom. The number of carbonyl (C=O) groups is 2. The van der Waals surface area contributed by atoms with Crippen molar-refractivity contribution >= 4 is 11.8 Å². The average Bonchev–Trinajstić information content (AvgIpc) is 2.26. The first-order chi connectivity index (χ1) is 7.61. The van der Waals surface area contributed by atoms with Gasteiger partial charge in [0.25, 0.3) is 0 Å². The van der Waals surface area contributed by atoms with E-state index in [2.05, 4.69) is 13.0 Å². The molecule has 0 saturated carbocycles. The van der Waals surface area contributed by atoms with Crippen LogP contribution in [0.1, 0.15) is 30.9 Å². The molecule has 0 heterocycles. The van der Waals surface area contributed by atoms with Gasteiger partial charge < -0.3 is 5.11 Å². The Bertz CT molecular complexity index is 383. The first-order valence-corrected chi connectivity index (χ1v) is 5.43. The SMILES string of the molecule is CCc1cccc(CCC(=O)CC(=O)O)c1. The predicted octanol–water partition coefficient (Wildman–Crippen LogP) is 2.23. The van der Waals surface area contributed by atoms with Crippen LogP contribution in [0.15, 0.2) is 24.3 Å². The number of carboxylic acid groups (broad SMARTS) is 1. The zero-order valence-electron chi connectivity index (χ0n) is 9.40. The molecule has 86 valence electrons. The fourth-order valence-corrected chi connectivity index (χ4v) is 1.55. The van der Waals surface area contributed by atoms with Gasteiger partial charge >= 0.3 is 5.97 Å². The molecule has 1 rings (SSSR count). The van der Waals surface area contributed by atoms with Crippen molar-refractivity contribution in [2.45, 2.75) is 32.6 Å². The minimum atomic E-state index is -1.05. The topological polar surface area (TPSA) is 54.4 Å². The first kappa shape index (κ1) is 12.4. The van der Waals surface area contributed by atoms with Crippen LogP contribution in [0.4, 0.5) is 0 Å². The molecule has 0 atom stereocenters. The second-order valence-corrected chi connectivity index (χ2v) is 3.78. The molecule has 3 heteroatoms. The van der Waals surface area contributed by atoms with Gasteiger partial charge in [-0.15, -0.1) is 0 Å². The summed E-state index contributed by atoms with van der Waals surface area (Å²) in [5, 5.41) is 8.44. The van der Waals surface area contributed by atoms with Crippen molar-refractivity contribution < 1.29 is 14.7 Å². The molecule has 0 aliphatic heterocycles. The summed E-state index contributed by atoms with van der Waals surface area (Å²) in [7, 11) is 0. The highest BCUT2D eigenvalue weighted by Gasteiger charge is 2.07. The van der Waals surface area contributed by atoms with Gasteiger partial charge in [0.05, 0.1) is 0 Å². The number of ketones is 1. The zero-order valence-corrected chi connectivity index (χ0v) is 9.40. The highest BCUT2D eigenvalue weighted by molar-refractivity contribution is 5.94. The Kier molecular flexibility index (Phi) is 4.70. The van der Waals surface area contributed by atoms with Crippen molar-refractivity contribution in [3.63, 3.8) is 0 Å². The van der Waals surface area contributed by atoms with Gasteiger partial charge in [-0.3, -0.25) is 9.59 Å². The van der Waals surface area contributed by atoms with E-state index in [1.807, 2.05) is 18.2 Å². The normalized spacial score (nSPS) is 10.1. The van der Waals surface area contributed by atoms with E-state index in [0.717, 1.165) is 12.0 Å². The van der Waals surface area contributed by atoms with Crippen molar-refractivity contribution in [3.8, 4) is 0 Å². The molecule has 1 aromatic rings. The Morgan fingerprint density at radius 2 is 1.94 bits per heavy atom. The van der Waals surface area contributed by atoms with Crippen LogP contribution in [-0.2, 0) is 22.4 Å². The van der Waals surface area contributed by atoms with Gasteiger partial charge in [0.15, 0.2) is 0 Å². The predicted molar refractivity (Wildman–Crippen MR) is 61.4 cm³/mol. The van der Waals surface area contributed by atoms with Gasteiger partial charge in [-0.05, 0) is 24.0 Å². The minimum absolute atomic E-state index is 0.214. The highest BCUT2D eigenvalue weighted by Crippen LogP contribution is 2.09. The number of rotatable bonds is 6. The average molecular weight is 220 g/mol. The standard InChI is InChI=1S/C13H16O3/c1-2-10-4-3-5-11(8-10)6-7-12(14)9-13(15)16/h3-5,8H,2,6-7,9H2,1H3,(H,15,16). The lowest BCUT2D eigenvalue weighted by Gasteiger charge is -2.02. The van der Waals surface area contributed by atoms with Gasteiger partial charge in [-0.1, -0.05) is 31.2 Å². The van der Waals surface area contributed by atoms with Gasteiger partial charge in [-0.25, -0.2) is 0 Å². The molecule has 0 aromatic heterocycles. The third-order valence-electron chi connectivity index (χ3n) is 2.44. The second kappa shape index (κ2) is 6.05. The summed E-state index contributed by atoms with van der Waals surface area (Å²) in [5.74, 6) is -1.26. The third-order valence-corrected chi connectivity index (χ3v) is 2.44. The summed E-state index contributed by atoms with van der Waals surface area (Å²) >= 11 is 0. The van der Waals surface area contributed by atoms with E-state index in [9.17, 15) is 9.59 Å². The van der Waals surface area contributed by atoms with Crippen LogP contribution in [0.2, 0.25) is 0 Å². The van der Waals surface area contributed by atoms with Crippen LogP contribution >= 0.6 is 0 Å². The summed E-state index contributed by atoms with van der Waals surface area (Å²) in [5.41, 5.74) is 2.33. The number of hydrogen-bond donors (Lipinski definition) is 1. The van der Waals surface area contributed by atoms with Gasteiger partial charge in [0.2, 0.25) is 0 Å². The quantitative estimate of drug-likeness (QED) is 0.748. The van der Waals surface area contributed by atoms with Crippen LogP contribution in [0.25, 0.3) is 0 Å². The molecule has 0 amide bonds. The number of carboxylic acids is 1. The van der Waals surface area contributed by atoms with Crippen LogP contribution in [0.3, 0.4) is 0 Å². The monoisotopic (exact) mass is 220 g/mol. The number of benzene rings is 1. The van der Waals surface area contributed by atoms with Gasteiger partial charge in [0.1, 0.15) is 12.2 Å². The van der Waals surface area contributed by atoms with Crippen molar-refractivity contribution in [1.29, 1.82) is 0 Å². The van der Waals surface area contributed by atoms with E-state index in [1.165, 1.54) is 5.56 Å². The molecule has 0 saturated heterocycles. The van der Waals surface area contributed by atoms with Crippen LogP contribution in [0, 0.1) is 0 Å². The largest absolute Gasteiger partial charge is 0.481 e. The minimum Gasteiger partial charge on any atom is -0.481 e. The smallest absolute Gasteiger partial charge is 0.310 e. The van der Waals surface area contributed by atoms with Gasteiger partial charge in [-0.2, -0.15) is 0 Å². The number of Topliss-reactive ketones (excluding diaryl/α,β-unsaturated/α-hetero) is 1. The van der Waals surface area contributed by atoms with Crippen LogP contribution in [0.5, 0.6) is 0 Å². The number of aryl methyl sites for hydroxylation is 2. The van der Waals surface area contributed by atoms with E-state index >= 15 is 0 Å². The lowest BCUT2D eigenvalue weighted by molar-refractivity contribution is -0.140. The molecule has 0 radical (unpaired) electrons. The zero-order chi connectivity index (χ0) is 12.0. The summed E-state index contributed by atoms with van der Waals surface area (Å²) in [6.07, 6.45) is 1.53. The molecule has 0 spiro atoms. The van der Waals surface area contributed by atoms with E-state index in [4.69, 9.17) is 5.11 Å². The number of carbonyl (C=O) groups excluding carboxylic acids is 1. The Morgan fingerprint density at radius 1 is 1.25 bits per heavy atom. The maximum atomic E-state index is 11.2. The summed E-state index contributed by atoms with van der Waals surface area (Å²) < 4.78 is 0. The lowest BCUT2D eigenvalue weighted by Crippen LogP contribution is -2.07. The fraction of sp³-hybridized carbons (Fsp3) is 0.385. The Hall–Kier alpha value is -1.64. The molecule has 0 unspecified atom stereocenters. The summed E-state index contributed by atoms with van der Waals surface area (Å²) in [4.78, 5) is 21.5. The van der Waals surface area contributed by atoms with Crippen molar-refractivity contribution in [1.82, 2.24) is 0 Å². The molecule has 3 nitrogen and oxygen atoms in total. The highest BCUT2D eigenvalue weighted by atomic mass is 16.4. The van der Waals surface area contributed by atoms with Crippen LogP contribution < -0.4 is 0 Å². The molecule has 1 N–H and O–H groups in total. The second-order valence-electron chi connectivity index (χ2n) is 3.78. The molecule has 0 fully saturated rings. The number of aliphatic carboxylic acids is 1. The molecule has 16 heavy (non-hydrogen) atoms. The number of hydrogen-bond acceptors (Lipinski definition) is 2. The van der Waals surface area contributed by atoms with E-state index in [-0.39, 0.29) is 12.2 Å². The maximum Gasteiger partial charge on any atom is 0.310 e. The first-order valence-electron chi connectivity index (χ1n) is 5.43. The third kappa shape index (κ3) is 4.26. The Balaban J connectivity index is 2.47. The van der Waals surface area contributed by atoms with Crippen molar-refractivity contribution in [3.05, 3.63) is 35.4 Å². The summed E-state index contributed by atoms with van der Waals surface area (Å²) in [6.45, 7) is 2.08. The molecule has 1 aromatic carbocycles. The molecular weight excluding hydrogens is 204 g/mol. The van der Waals surface area contributed by atoms with Crippen LogP contribution in [-0.4, -0.2) is 16.9 Å². The van der Waals surface area contributed by atoms with E-state index in [1.54, 1.807) is 0 Å². The van der Waals surface area contributed by atoms with Gasteiger partial charge in [0, 0.05) is 6.42 Å². The summed E-state index contributed by atoms with van der Waals surface area (Å²) in [6, 6.07) is 8.04.